The molecule has 1 heterocycles. The Kier molecular flexibility index (Phi) is 3.68. The maximum Gasteiger partial charge on any atom is 0.149 e. The number of anilines is 2. The number of hydrogen-bond acceptors (Lipinski definition) is 4. The van der Waals surface area contributed by atoms with Gasteiger partial charge in [0.05, 0.1) is 12.4 Å². The molecule has 1 aromatic heterocycles. The summed E-state index contributed by atoms with van der Waals surface area (Å²) in [6, 6.07) is 0.469. The highest BCUT2D eigenvalue weighted by atomic mass is 15.2. The third-order valence-corrected chi connectivity index (χ3v) is 2.40. The molecule has 1 rings (SSSR count). The van der Waals surface area contributed by atoms with Crippen LogP contribution in [0.25, 0.3) is 0 Å². The molecule has 1 aromatic rings. The molecule has 1 atom stereocenters. The van der Waals surface area contributed by atoms with Crippen LogP contribution in [0.15, 0.2) is 12.4 Å². The summed E-state index contributed by atoms with van der Waals surface area (Å²) in [7, 11) is 0. The Balaban J connectivity index is 2.89. The molecule has 0 amide bonds. The highest BCUT2D eigenvalue weighted by molar-refractivity contribution is 5.42. The first kappa shape index (κ1) is 10.8. The number of rotatable bonds is 4. The number of nitrogens with zero attached hydrogens (tertiary/aromatic N) is 3. The van der Waals surface area contributed by atoms with Gasteiger partial charge in [0.25, 0.3) is 0 Å². The summed E-state index contributed by atoms with van der Waals surface area (Å²) in [5.74, 6) is 1.34. The fraction of sp³-hybridized carbons (Fsp3) is 0.600. The van der Waals surface area contributed by atoms with E-state index in [0.717, 1.165) is 18.8 Å². The van der Waals surface area contributed by atoms with Crippen molar-refractivity contribution in [3.05, 3.63) is 12.4 Å². The van der Waals surface area contributed by atoms with Crippen LogP contribution in [0.2, 0.25) is 0 Å². The molecule has 0 spiro atoms. The van der Waals surface area contributed by atoms with Crippen molar-refractivity contribution in [3.8, 4) is 0 Å². The normalized spacial score (nSPS) is 12.5. The van der Waals surface area contributed by atoms with Crippen molar-refractivity contribution in [2.75, 3.05) is 17.2 Å². The average Bonchev–Trinajstić information content (AvgIpc) is 2.19. The van der Waals surface area contributed by atoms with Crippen LogP contribution in [-0.2, 0) is 0 Å². The highest BCUT2D eigenvalue weighted by Gasteiger charge is 2.12. The van der Waals surface area contributed by atoms with Gasteiger partial charge < -0.3 is 10.6 Å². The summed E-state index contributed by atoms with van der Waals surface area (Å²) >= 11 is 0. The maximum absolute atomic E-state index is 5.59. The van der Waals surface area contributed by atoms with Gasteiger partial charge in [-0.1, -0.05) is 6.92 Å². The van der Waals surface area contributed by atoms with Gasteiger partial charge >= 0.3 is 0 Å². The molecule has 2 N–H and O–H groups in total. The minimum absolute atomic E-state index is 0.469. The van der Waals surface area contributed by atoms with Crippen molar-refractivity contribution in [1.82, 2.24) is 9.97 Å². The van der Waals surface area contributed by atoms with Gasteiger partial charge in [-0.05, 0) is 20.3 Å². The quantitative estimate of drug-likeness (QED) is 0.792. The van der Waals surface area contributed by atoms with Crippen LogP contribution < -0.4 is 10.6 Å². The number of hydrogen-bond donors (Lipinski definition) is 1. The molecule has 0 radical (unpaired) electrons. The molecule has 4 heteroatoms. The predicted molar refractivity (Wildman–Crippen MR) is 59.2 cm³/mol. The van der Waals surface area contributed by atoms with Crippen LogP contribution in [0.4, 0.5) is 11.6 Å². The van der Waals surface area contributed by atoms with Crippen LogP contribution in [0, 0.1) is 0 Å². The van der Waals surface area contributed by atoms with Gasteiger partial charge in [0.1, 0.15) is 11.6 Å². The van der Waals surface area contributed by atoms with E-state index in [4.69, 9.17) is 5.73 Å². The summed E-state index contributed by atoms with van der Waals surface area (Å²) in [5.41, 5.74) is 5.59. The van der Waals surface area contributed by atoms with Gasteiger partial charge in [-0.25, -0.2) is 4.98 Å². The lowest BCUT2D eigenvalue weighted by atomic mass is 10.2. The molecule has 4 nitrogen and oxygen atoms in total. The zero-order chi connectivity index (χ0) is 10.6. The monoisotopic (exact) mass is 194 g/mol. The van der Waals surface area contributed by atoms with E-state index >= 15 is 0 Å². The second-order valence-corrected chi connectivity index (χ2v) is 3.35. The Morgan fingerprint density at radius 3 is 2.64 bits per heavy atom. The standard InChI is InChI=1S/C10H18N4/c1-4-8(3)14(5-2)10-7-12-6-9(11)13-10/h6-8H,4-5H2,1-3H3,(H2,11,13). The zero-order valence-electron chi connectivity index (χ0n) is 9.07. The fourth-order valence-electron chi connectivity index (χ4n) is 1.43. The third kappa shape index (κ3) is 2.34. The number of nitrogen functional groups attached to an aromatic ring is 1. The maximum atomic E-state index is 5.59. The lowest BCUT2D eigenvalue weighted by Gasteiger charge is -2.27. The van der Waals surface area contributed by atoms with E-state index in [1.54, 1.807) is 12.4 Å². The molecule has 78 valence electrons. The van der Waals surface area contributed by atoms with E-state index in [1.807, 2.05) is 0 Å². The second kappa shape index (κ2) is 4.79. The summed E-state index contributed by atoms with van der Waals surface area (Å²) in [4.78, 5) is 10.5. The summed E-state index contributed by atoms with van der Waals surface area (Å²) in [6.07, 6.45) is 4.41. The van der Waals surface area contributed by atoms with Crippen molar-refractivity contribution < 1.29 is 0 Å². The summed E-state index contributed by atoms with van der Waals surface area (Å²) in [5, 5.41) is 0. The fourth-order valence-corrected chi connectivity index (χ4v) is 1.43. The van der Waals surface area contributed by atoms with E-state index in [0.29, 0.717) is 11.9 Å². The molecule has 0 aromatic carbocycles. The first-order valence-electron chi connectivity index (χ1n) is 5.03. The van der Waals surface area contributed by atoms with E-state index in [1.165, 1.54) is 0 Å². The van der Waals surface area contributed by atoms with Crippen molar-refractivity contribution >= 4 is 11.6 Å². The second-order valence-electron chi connectivity index (χ2n) is 3.35. The van der Waals surface area contributed by atoms with Crippen molar-refractivity contribution in [2.45, 2.75) is 33.2 Å². The van der Waals surface area contributed by atoms with Crippen molar-refractivity contribution in [2.24, 2.45) is 0 Å². The first-order valence-corrected chi connectivity index (χ1v) is 5.03. The first-order chi connectivity index (χ1) is 6.69. The van der Waals surface area contributed by atoms with E-state index in [9.17, 15) is 0 Å². The average molecular weight is 194 g/mol. The lowest BCUT2D eigenvalue weighted by Crippen LogP contribution is -2.33. The largest absolute Gasteiger partial charge is 0.382 e. The molecular formula is C10H18N4. The molecule has 14 heavy (non-hydrogen) atoms. The highest BCUT2D eigenvalue weighted by Crippen LogP contribution is 2.15. The van der Waals surface area contributed by atoms with Crippen molar-refractivity contribution in [3.63, 3.8) is 0 Å². The topological polar surface area (TPSA) is 55.0 Å². The van der Waals surface area contributed by atoms with Crippen LogP contribution in [0.3, 0.4) is 0 Å². The number of aromatic nitrogens is 2. The molecule has 0 bridgehead atoms. The van der Waals surface area contributed by atoms with E-state index in [2.05, 4.69) is 35.6 Å². The molecular weight excluding hydrogens is 176 g/mol. The number of nitrogens with two attached hydrogens (primary N) is 1. The molecule has 0 saturated carbocycles. The zero-order valence-corrected chi connectivity index (χ0v) is 9.07. The Bertz CT molecular complexity index is 287. The Morgan fingerprint density at radius 1 is 1.43 bits per heavy atom. The predicted octanol–water partition coefficient (Wildman–Crippen LogP) is 1.68. The SMILES string of the molecule is CCC(C)N(CC)c1cncc(N)n1. The van der Waals surface area contributed by atoms with Gasteiger partial charge in [-0.2, -0.15) is 0 Å². The molecule has 0 aliphatic rings. The third-order valence-electron chi connectivity index (χ3n) is 2.40. The van der Waals surface area contributed by atoms with Gasteiger partial charge in [-0.3, -0.25) is 4.98 Å². The smallest absolute Gasteiger partial charge is 0.149 e. The van der Waals surface area contributed by atoms with E-state index < -0.39 is 0 Å². The lowest BCUT2D eigenvalue weighted by molar-refractivity contribution is 0.622. The van der Waals surface area contributed by atoms with Crippen LogP contribution in [0.1, 0.15) is 27.2 Å². The Labute approximate surface area is 85.2 Å². The Hall–Kier alpha value is -1.32. The van der Waals surface area contributed by atoms with Gasteiger partial charge in [0.15, 0.2) is 0 Å². The molecule has 1 unspecified atom stereocenters. The van der Waals surface area contributed by atoms with Gasteiger partial charge in [0, 0.05) is 12.6 Å². The van der Waals surface area contributed by atoms with Crippen LogP contribution in [-0.4, -0.2) is 22.6 Å². The van der Waals surface area contributed by atoms with Gasteiger partial charge in [0.2, 0.25) is 0 Å². The Morgan fingerprint density at radius 2 is 2.14 bits per heavy atom. The molecule has 0 aliphatic carbocycles. The molecule has 0 fully saturated rings. The summed E-state index contributed by atoms with van der Waals surface area (Å²) < 4.78 is 0. The molecule has 0 aliphatic heterocycles. The van der Waals surface area contributed by atoms with E-state index in [-0.39, 0.29) is 0 Å². The minimum Gasteiger partial charge on any atom is -0.382 e. The summed E-state index contributed by atoms with van der Waals surface area (Å²) in [6.45, 7) is 7.37. The van der Waals surface area contributed by atoms with Crippen LogP contribution >= 0.6 is 0 Å². The minimum atomic E-state index is 0.469. The van der Waals surface area contributed by atoms with Crippen molar-refractivity contribution in [1.29, 1.82) is 0 Å². The van der Waals surface area contributed by atoms with Gasteiger partial charge in [-0.15, -0.1) is 0 Å². The van der Waals surface area contributed by atoms with Crippen LogP contribution in [0.5, 0.6) is 0 Å². The molecule has 0 saturated heterocycles.